The largest absolute Gasteiger partial charge is 0.396 e. The molecule has 0 bridgehead atoms. The smallest absolute Gasteiger partial charge is 0.178 e. The second-order valence-corrected chi connectivity index (χ2v) is 4.04. The van der Waals surface area contributed by atoms with Crippen LogP contribution in [0.25, 0.3) is 0 Å². The molecule has 0 rings (SSSR count). The summed E-state index contributed by atoms with van der Waals surface area (Å²) in [6, 6.07) is 0. The van der Waals surface area contributed by atoms with Gasteiger partial charge in [0.05, 0.1) is 5.70 Å². The normalized spacial score (nSPS) is 11.7. The van der Waals surface area contributed by atoms with Crippen LogP contribution in [0.4, 0.5) is 0 Å². The average molecular weight is 211 g/mol. The third-order valence-corrected chi connectivity index (χ3v) is 2.64. The maximum atomic E-state index is 11.3. The van der Waals surface area contributed by atoms with Crippen LogP contribution in [0.15, 0.2) is 11.8 Å². The Balaban J connectivity index is 3.28. The number of rotatable bonds is 9. The van der Waals surface area contributed by atoms with Crippen molar-refractivity contribution in [2.45, 2.75) is 65.2 Å². The molecule has 0 saturated carbocycles. The van der Waals surface area contributed by atoms with E-state index < -0.39 is 0 Å². The van der Waals surface area contributed by atoms with E-state index in [1.54, 1.807) is 13.0 Å². The van der Waals surface area contributed by atoms with E-state index in [0.29, 0.717) is 12.1 Å². The van der Waals surface area contributed by atoms with E-state index >= 15 is 0 Å². The molecule has 0 radical (unpaired) electrons. The van der Waals surface area contributed by atoms with E-state index in [0.717, 1.165) is 12.8 Å². The van der Waals surface area contributed by atoms with Crippen molar-refractivity contribution in [1.29, 1.82) is 0 Å². The van der Waals surface area contributed by atoms with Crippen molar-refractivity contribution in [1.82, 2.24) is 0 Å². The van der Waals surface area contributed by atoms with Gasteiger partial charge < -0.3 is 5.73 Å². The molecular weight excluding hydrogens is 186 g/mol. The zero-order valence-electron chi connectivity index (χ0n) is 10.2. The Morgan fingerprint density at radius 3 is 2.13 bits per heavy atom. The molecule has 0 fully saturated rings. The first-order valence-corrected chi connectivity index (χ1v) is 6.17. The molecule has 88 valence electrons. The highest BCUT2D eigenvalue weighted by atomic mass is 16.1. The summed E-state index contributed by atoms with van der Waals surface area (Å²) in [5.74, 6) is 0.103. The van der Waals surface area contributed by atoms with Gasteiger partial charge in [0, 0.05) is 6.42 Å². The van der Waals surface area contributed by atoms with Crippen LogP contribution >= 0.6 is 0 Å². The minimum absolute atomic E-state index is 0.103. The van der Waals surface area contributed by atoms with Crippen LogP contribution in [0.3, 0.4) is 0 Å². The minimum atomic E-state index is 0.103. The summed E-state index contributed by atoms with van der Waals surface area (Å²) < 4.78 is 0. The SMILES string of the molecule is CC=C(N)C(=O)CCCCCCCCC. The second kappa shape index (κ2) is 9.75. The molecule has 0 aliphatic heterocycles. The third-order valence-electron chi connectivity index (χ3n) is 2.64. The van der Waals surface area contributed by atoms with Gasteiger partial charge in [-0.2, -0.15) is 0 Å². The molecule has 0 spiro atoms. The number of Topliss-reactive ketones (excluding diaryl/α,β-unsaturated/α-hetero) is 1. The topological polar surface area (TPSA) is 43.1 Å². The van der Waals surface area contributed by atoms with Crippen molar-refractivity contribution in [3.05, 3.63) is 11.8 Å². The quantitative estimate of drug-likeness (QED) is 0.468. The van der Waals surface area contributed by atoms with E-state index in [4.69, 9.17) is 5.73 Å². The highest BCUT2D eigenvalue weighted by Gasteiger charge is 2.03. The van der Waals surface area contributed by atoms with Gasteiger partial charge in [-0.15, -0.1) is 0 Å². The molecule has 0 unspecified atom stereocenters. The molecule has 2 heteroatoms. The highest BCUT2D eigenvalue weighted by molar-refractivity contribution is 5.94. The summed E-state index contributed by atoms with van der Waals surface area (Å²) in [5, 5.41) is 0. The molecule has 2 N–H and O–H groups in total. The lowest BCUT2D eigenvalue weighted by Gasteiger charge is -2.01. The number of ketones is 1. The fourth-order valence-corrected chi connectivity index (χ4v) is 1.55. The van der Waals surface area contributed by atoms with E-state index in [1.807, 2.05) is 0 Å². The molecule has 15 heavy (non-hydrogen) atoms. The molecule has 0 aromatic heterocycles. The zero-order valence-corrected chi connectivity index (χ0v) is 10.2. The molecule has 0 aromatic rings. The first kappa shape index (κ1) is 14.2. The van der Waals surface area contributed by atoms with Crippen LogP contribution in [-0.4, -0.2) is 5.78 Å². The Kier molecular flexibility index (Phi) is 9.24. The summed E-state index contributed by atoms with van der Waals surface area (Å²) in [4.78, 5) is 11.3. The van der Waals surface area contributed by atoms with Crippen molar-refractivity contribution in [3.8, 4) is 0 Å². The number of unbranched alkanes of at least 4 members (excludes halogenated alkanes) is 6. The van der Waals surface area contributed by atoms with Gasteiger partial charge in [-0.25, -0.2) is 0 Å². The van der Waals surface area contributed by atoms with Crippen LogP contribution in [0.5, 0.6) is 0 Å². The van der Waals surface area contributed by atoms with Crippen LogP contribution in [0.2, 0.25) is 0 Å². The van der Waals surface area contributed by atoms with Crippen molar-refractivity contribution in [3.63, 3.8) is 0 Å². The number of carbonyl (C=O) groups is 1. The number of hydrogen-bond acceptors (Lipinski definition) is 2. The van der Waals surface area contributed by atoms with E-state index in [2.05, 4.69) is 6.92 Å². The fourth-order valence-electron chi connectivity index (χ4n) is 1.55. The van der Waals surface area contributed by atoms with Gasteiger partial charge in [0.15, 0.2) is 5.78 Å². The van der Waals surface area contributed by atoms with Crippen molar-refractivity contribution in [2.75, 3.05) is 0 Å². The molecule has 0 aromatic carbocycles. The molecule has 0 amide bonds. The van der Waals surface area contributed by atoms with Gasteiger partial charge >= 0.3 is 0 Å². The van der Waals surface area contributed by atoms with Crippen LogP contribution in [-0.2, 0) is 4.79 Å². The van der Waals surface area contributed by atoms with E-state index in [9.17, 15) is 4.79 Å². The highest BCUT2D eigenvalue weighted by Crippen LogP contribution is 2.09. The van der Waals surface area contributed by atoms with Gasteiger partial charge in [0.2, 0.25) is 0 Å². The molecular formula is C13H25NO. The Morgan fingerprint density at radius 2 is 1.60 bits per heavy atom. The summed E-state index contributed by atoms with van der Waals surface area (Å²) in [7, 11) is 0. The summed E-state index contributed by atoms with van der Waals surface area (Å²) in [6.45, 7) is 4.02. The molecule has 0 heterocycles. The molecule has 0 atom stereocenters. The van der Waals surface area contributed by atoms with Crippen LogP contribution < -0.4 is 5.73 Å². The zero-order chi connectivity index (χ0) is 11.5. The van der Waals surface area contributed by atoms with Crippen molar-refractivity contribution in [2.24, 2.45) is 5.73 Å². The second-order valence-electron chi connectivity index (χ2n) is 4.04. The number of nitrogens with two attached hydrogens (primary N) is 1. The Bertz CT molecular complexity index is 197. The van der Waals surface area contributed by atoms with Crippen LogP contribution in [0.1, 0.15) is 65.2 Å². The predicted molar refractivity (Wildman–Crippen MR) is 65.6 cm³/mol. The van der Waals surface area contributed by atoms with Gasteiger partial charge in [-0.1, -0.05) is 51.5 Å². The fraction of sp³-hybridized carbons (Fsp3) is 0.769. The first-order chi connectivity index (χ1) is 7.22. The molecule has 2 nitrogen and oxygen atoms in total. The molecule has 0 saturated heterocycles. The average Bonchev–Trinajstić information content (AvgIpc) is 2.26. The first-order valence-electron chi connectivity index (χ1n) is 6.17. The predicted octanol–water partition coefficient (Wildman–Crippen LogP) is 3.56. The lowest BCUT2D eigenvalue weighted by molar-refractivity contribution is -0.115. The standard InChI is InChI=1S/C13H25NO/c1-3-5-6-7-8-9-10-11-13(15)12(14)4-2/h4H,3,5-11,14H2,1-2H3. The Hall–Kier alpha value is -0.790. The number of allylic oxidation sites excluding steroid dienone is 2. The molecule has 0 aliphatic rings. The van der Waals surface area contributed by atoms with E-state index in [1.165, 1.54) is 32.1 Å². The summed E-state index contributed by atoms with van der Waals surface area (Å²) >= 11 is 0. The molecule has 0 aliphatic carbocycles. The lowest BCUT2D eigenvalue weighted by atomic mass is 10.1. The third kappa shape index (κ3) is 8.22. The number of hydrogen-bond donors (Lipinski definition) is 1. The Morgan fingerprint density at radius 1 is 1.07 bits per heavy atom. The minimum Gasteiger partial charge on any atom is -0.396 e. The summed E-state index contributed by atoms with van der Waals surface area (Å²) in [6.07, 6.45) is 11.0. The van der Waals surface area contributed by atoms with Crippen LogP contribution in [0, 0.1) is 0 Å². The van der Waals surface area contributed by atoms with Gasteiger partial charge in [0.1, 0.15) is 0 Å². The van der Waals surface area contributed by atoms with Gasteiger partial charge in [0.25, 0.3) is 0 Å². The van der Waals surface area contributed by atoms with E-state index in [-0.39, 0.29) is 5.78 Å². The van der Waals surface area contributed by atoms with Crippen molar-refractivity contribution >= 4 is 5.78 Å². The number of carbonyl (C=O) groups excluding carboxylic acids is 1. The lowest BCUT2D eigenvalue weighted by Crippen LogP contribution is -2.10. The Labute approximate surface area is 93.9 Å². The summed E-state index contributed by atoms with van der Waals surface area (Å²) in [5.41, 5.74) is 5.93. The maximum Gasteiger partial charge on any atom is 0.178 e. The maximum absolute atomic E-state index is 11.3. The van der Waals surface area contributed by atoms with Crippen molar-refractivity contribution < 1.29 is 4.79 Å². The van der Waals surface area contributed by atoms with Gasteiger partial charge in [-0.05, 0) is 13.3 Å². The monoisotopic (exact) mass is 211 g/mol. The van der Waals surface area contributed by atoms with Gasteiger partial charge in [-0.3, -0.25) is 4.79 Å².